The van der Waals surface area contributed by atoms with Gasteiger partial charge in [-0.1, -0.05) is 19.1 Å². The van der Waals surface area contributed by atoms with E-state index in [9.17, 15) is 0 Å². The summed E-state index contributed by atoms with van der Waals surface area (Å²) >= 11 is 0. The Labute approximate surface area is 115 Å². The van der Waals surface area contributed by atoms with Gasteiger partial charge in [-0.05, 0) is 29.7 Å². The number of hydrogen-bond donors (Lipinski definition) is 2. The molecule has 3 rings (SSSR count). The highest BCUT2D eigenvalue weighted by atomic mass is 15.2. The van der Waals surface area contributed by atoms with E-state index in [1.807, 2.05) is 0 Å². The Balaban J connectivity index is 1.83. The quantitative estimate of drug-likeness (QED) is 0.868. The molecular weight excluding hydrogens is 234 g/mol. The first-order valence-corrected chi connectivity index (χ1v) is 7.38. The lowest BCUT2D eigenvalue weighted by Crippen LogP contribution is -2.43. The van der Waals surface area contributed by atoms with Gasteiger partial charge in [-0.15, -0.1) is 0 Å². The summed E-state index contributed by atoms with van der Waals surface area (Å²) < 4.78 is 0. The van der Waals surface area contributed by atoms with Crippen LogP contribution in [0.5, 0.6) is 0 Å². The summed E-state index contributed by atoms with van der Waals surface area (Å²) in [5.41, 5.74) is 4.22. The molecule has 0 bridgehead atoms. The normalized spacial score (nSPS) is 23.1. The smallest absolute Gasteiger partial charge is 0.0373 e. The van der Waals surface area contributed by atoms with Crippen LogP contribution in [-0.2, 0) is 0 Å². The lowest BCUT2D eigenvalue weighted by Gasteiger charge is -2.30. The molecule has 19 heavy (non-hydrogen) atoms. The number of benzene rings is 1. The molecule has 0 aromatic heterocycles. The molecule has 0 radical (unpaired) electrons. The minimum atomic E-state index is 0.665. The van der Waals surface area contributed by atoms with Crippen molar-refractivity contribution in [2.24, 2.45) is 5.92 Å². The van der Waals surface area contributed by atoms with Crippen LogP contribution in [0.1, 0.15) is 18.9 Å². The summed E-state index contributed by atoms with van der Waals surface area (Å²) in [6.07, 6.45) is 3.40. The van der Waals surface area contributed by atoms with E-state index in [1.165, 1.54) is 23.2 Å². The monoisotopic (exact) mass is 257 g/mol. The molecule has 102 valence electrons. The summed E-state index contributed by atoms with van der Waals surface area (Å²) in [6, 6.07) is 9.03. The zero-order chi connectivity index (χ0) is 13.1. The maximum absolute atomic E-state index is 3.41. The highest BCUT2D eigenvalue weighted by Gasteiger charge is 2.19. The van der Waals surface area contributed by atoms with Gasteiger partial charge in [-0.2, -0.15) is 0 Å². The van der Waals surface area contributed by atoms with Crippen molar-refractivity contribution in [3.05, 3.63) is 36.0 Å². The van der Waals surface area contributed by atoms with Crippen molar-refractivity contribution in [1.29, 1.82) is 0 Å². The Morgan fingerprint density at radius 2 is 2.11 bits per heavy atom. The van der Waals surface area contributed by atoms with Crippen LogP contribution in [0.15, 0.2) is 30.5 Å². The van der Waals surface area contributed by atoms with Gasteiger partial charge in [0.15, 0.2) is 0 Å². The SMILES string of the molecule is CCC1CNC=C1c1cccc(N2CCNCC2)c1. The van der Waals surface area contributed by atoms with E-state index in [0.717, 1.165) is 32.7 Å². The first kappa shape index (κ1) is 12.5. The Kier molecular flexibility index (Phi) is 3.74. The molecule has 1 aromatic rings. The number of anilines is 1. The van der Waals surface area contributed by atoms with Gasteiger partial charge in [0.2, 0.25) is 0 Å². The molecule has 0 spiro atoms. The van der Waals surface area contributed by atoms with Gasteiger partial charge in [0.1, 0.15) is 0 Å². The van der Waals surface area contributed by atoms with E-state index in [2.05, 4.69) is 52.9 Å². The minimum absolute atomic E-state index is 0.665. The summed E-state index contributed by atoms with van der Waals surface area (Å²) in [6.45, 7) is 7.75. The third kappa shape index (κ3) is 2.61. The van der Waals surface area contributed by atoms with Crippen molar-refractivity contribution in [2.45, 2.75) is 13.3 Å². The van der Waals surface area contributed by atoms with E-state index in [0.29, 0.717) is 5.92 Å². The lowest BCUT2D eigenvalue weighted by molar-refractivity contribution is 0.589. The largest absolute Gasteiger partial charge is 0.390 e. The number of nitrogens with one attached hydrogen (secondary N) is 2. The number of rotatable bonds is 3. The average molecular weight is 257 g/mol. The molecular formula is C16H23N3. The van der Waals surface area contributed by atoms with Gasteiger partial charge in [-0.3, -0.25) is 0 Å². The van der Waals surface area contributed by atoms with Crippen molar-refractivity contribution in [1.82, 2.24) is 10.6 Å². The molecule has 3 heteroatoms. The third-order valence-corrected chi connectivity index (χ3v) is 4.22. The van der Waals surface area contributed by atoms with E-state index in [4.69, 9.17) is 0 Å². The predicted molar refractivity (Wildman–Crippen MR) is 81.3 cm³/mol. The van der Waals surface area contributed by atoms with Crippen molar-refractivity contribution >= 4 is 11.3 Å². The Morgan fingerprint density at radius 3 is 2.89 bits per heavy atom. The number of piperazine rings is 1. The molecule has 2 aliphatic heterocycles. The maximum atomic E-state index is 3.41. The van der Waals surface area contributed by atoms with Gasteiger partial charge >= 0.3 is 0 Å². The molecule has 1 aromatic carbocycles. The Bertz CT molecular complexity index is 461. The van der Waals surface area contributed by atoms with Gasteiger partial charge in [0.25, 0.3) is 0 Å². The molecule has 1 unspecified atom stereocenters. The van der Waals surface area contributed by atoms with Crippen molar-refractivity contribution in [3.8, 4) is 0 Å². The minimum Gasteiger partial charge on any atom is -0.390 e. The number of nitrogens with zero attached hydrogens (tertiary/aromatic N) is 1. The molecule has 2 heterocycles. The second-order valence-corrected chi connectivity index (χ2v) is 5.40. The zero-order valence-electron chi connectivity index (χ0n) is 11.7. The highest BCUT2D eigenvalue weighted by molar-refractivity contribution is 5.72. The summed E-state index contributed by atoms with van der Waals surface area (Å²) in [7, 11) is 0. The van der Waals surface area contributed by atoms with E-state index in [1.54, 1.807) is 0 Å². The van der Waals surface area contributed by atoms with E-state index in [-0.39, 0.29) is 0 Å². The van der Waals surface area contributed by atoms with Crippen LogP contribution >= 0.6 is 0 Å². The molecule has 1 atom stereocenters. The second kappa shape index (κ2) is 5.66. The molecule has 3 nitrogen and oxygen atoms in total. The summed E-state index contributed by atoms with van der Waals surface area (Å²) in [5, 5.41) is 6.79. The van der Waals surface area contributed by atoms with Crippen molar-refractivity contribution < 1.29 is 0 Å². The Morgan fingerprint density at radius 1 is 1.26 bits per heavy atom. The van der Waals surface area contributed by atoms with Crippen molar-refractivity contribution in [2.75, 3.05) is 37.6 Å². The summed E-state index contributed by atoms with van der Waals surface area (Å²) in [4.78, 5) is 2.48. The fourth-order valence-electron chi connectivity index (χ4n) is 3.03. The van der Waals surface area contributed by atoms with Crippen LogP contribution in [0.2, 0.25) is 0 Å². The maximum Gasteiger partial charge on any atom is 0.0373 e. The van der Waals surface area contributed by atoms with Crippen LogP contribution in [0.4, 0.5) is 5.69 Å². The standard InChI is InChI=1S/C16H23N3/c1-2-13-11-18-12-16(13)14-4-3-5-15(10-14)19-8-6-17-7-9-19/h3-5,10,12-13,17-18H,2,6-9,11H2,1H3. The van der Waals surface area contributed by atoms with Gasteiger partial charge in [0, 0.05) is 50.5 Å². The van der Waals surface area contributed by atoms with Crippen LogP contribution in [0.25, 0.3) is 5.57 Å². The zero-order valence-corrected chi connectivity index (χ0v) is 11.7. The lowest BCUT2D eigenvalue weighted by atomic mass is 9.93. The molecule has 0 saturated carbocycles. The Hall–Kier alpha value is -1.48. The van der Waals surface area contributed by atoms with Gasteiger partial charge in [0.05, 0.1) is 0 Å². The first-order chi connectivity index (χ1) is 9.38. The fraction of sp³-hybridized carbons (Fsp3) is 0.500. The predicted octanol–water partition coefficient (Wildman–Crippen LogP) is 2.07. The second-order valence-electron chi connectivity index (χ2n) is 5.40. The van der Waals surface area contributed by atoms with E-state index >= 15 is 0 Å². The first-order valence-electron chi connectivity index (χ1n) is 7.38. The van der Waals surface area contributed by atoms with Gasteiger partial charge in [-0.25, -0.2) is 0 Å². The third-order valence-electron chi connectivity index (χ3n) is 4.22. The molecule has 1 saturated heterocycles. The molecule has 0 aliphatic carbocycles. The molecule has 0 amide bonds. The summed E-state index contributed by atoms with van der Waals surface area (Å²) in [5.74, 6) is 0.665. The molecule has 1 fully saturated rings. The topological polar surface area (TPSA) is 27.3 Å². The fourth-order valence-corrected chi connectivity index (χ4v) is 3.03. The van der Waals surface area contributed by atoms with Gasteiger partial charge < -0.3 is 15.5 Å². The molecule has 2 aliphatic rings. The number of hydrogen-bond acceptors (Lipinski definition) is 3. The van der Waals surface area contributed by atoms with E-state index < -0.39 is 0 Å². The van der Waals surface area contributed by atoms with Crippen LogP contribution < -0.4 is 15.5 Å². The average Bonchev–Trinajstić information content (AvgIpc) is 2.97. The highest BCUT2D eigenvalue weighted by Crippen LogP contribution is 2.30. The van der Waals surface area contributed by atoms with Crippen LogP contribution in [0.3, 0.4) is 0 Å². The van der Waals surface area contributed by atoms with Crippen LogP contribution in [0, 0.1) is 5.92 Å². The molecule has 2 N–H and O–H groups in total. The van der Waals surface area contributed by atoms with Crippen molar-refractivity contribution in [3.63, 3.8) is 0 Å². The van der Waals surface area contributed by atoms with Crippen LogP contribution in [-0.4, -0.2) is 32.7 Å².